The second-order valence-electron chi connectivity index (χ2n) is 8.96. The maximum Gasteiger partial charge on any atom is 0.187 e. The summed E-state index contributed by atoms with van der Waals surface area (Å²) in [4.78, 5) is 11.1. The summed E-state index contributed by atoms with van der Waals surface area (Å²) >= 11 is 8.97. The van der Waals surface area contributed by atoms with Gasteiger partial charge >= 0.3 is 0 Å². The van der Waals surface area contributed by atoms with Gasteiger partial charge in [0, 0.05) is 39.5 Å². The topological polar surface area (TPSA) is 53.1 Å². The molecule has 0 amide bonds. The summed E-state index contributed by atoms with van der Waals surface area (Å²) in [7, 11) is 4.11. The fraction of sp³-hybridized carbons (Fsp3) is 0.133. The van der Waals surface area contributed by atoms with Gasteiger partial charge in [-0.3, -0.25) is 0 Å². The Morgan fingerprint density at radius 2 is 1.13 bits per heavy atom. The van der Waals surface area contributed by atoms with E-state index in [-0.39, 0.29) is 0 Å². The number of benzene rings is 4. The first-order chi connectivity index (χ1) is 18.6. The summed E-state index contributed by atoms with van der Waals surface area (Å²) in [6.07, 6.45) is 0. The molecule has 0 bridgehead atoms. The average Bonchev–Trinajstić information content (AvgIpc) is 3.58. The van der Waals surface area contributed by atoms with Gasteiger partial charge in [0.05, 0.1) is 17.3 Å². The van der Waals surface area contributed by atoms with Gasteiger partial charge in [-0.25, -0.2) is 9.97 Å². The number of fused-ring (bicyclic) bond motifs is 2. The molecule has 8 heteroatoms. The van der Waals surface area contributed by atoms with Crippen molar-refractivity contribution in [1.29, 1.82) is 0 Å². The third-order valence-corrected chi connectivity index (χ3v) is 7.67. The molecule has 0 aliphatic heterocycles. The van der Waals surface area contributed by atoms with Gasteiger partial charge in [-0.05, 0) is 37.0 Å². The molecule has 2 heterocycles. The van der Waals surface area contributed by atoms with Crippen LogP contribution in [0.25, 0.3) is 21.5 Å². The number of aromatic nitrogens is 2. The Morgan fingerprint density at radius 1 is 0.658 bits per heavy atom. The van der Waals surface area contributed by atoms with Gasteiger partial charge in [-0.1, -0.05) is 72.8 Å². The number of rotatable bonds is 7. The third-order valence-electron chi connectivity index (χ3n) is 5.78. The highest BCUT2D eigenvalue weighted by Crippen LogP contribution is 2.29. The van der Waals surface area contributed by atoms with Crippen molar-refractivity contribution in [3.05, 3.63) is 107 Å². The summed E-state index contributed by atoms with van der Waals surface area (Å²) in [5, 5.41) is 17.6. The van der Waals surface area contributed by atoms with Crippen LogP contribution in [-0.4, -0.2) is 29.0 Å². The number of halogens is 1. The molecule has 6 rings (SSSR count). The van der Waals surface area contributed by atoms with E-state index in [1.54, 1.807) is 22.7 Å². The highest BCUT2D eigenvalue weighted by atomic mass is 35.5. The minimum atomic E-state index is 0.452. The lowest BCUT2D eigenvalue weighted by molar-refractivity contribution is 0.398. The van der Waals surface area contributed by atoms with E-state index in [0.717, 1.165) is 39.6 Å². The van der Waals surface area contributed by atoms with Crippen LogP contribution in [0.15, 0.2) is 95.7 Å². The predicted molar refractivity (Wildman–Crippen MR) is 166 cm³/mol. The van der Waals surface area contributed by atoms with E-state index in [1.807, 2.05) is 23.6 Å². The second kappa shape index (κ2) is 12.4. The Kier molecular flexibility index (Phi) is 8.51. The van der Waals surface area contributed by atoms with Crippen LogP contribution in [0.3, 0.4) is 0 Å². The zero-order valence-corrected chi connectivity index (χ0v) is 23.6. The second-order valence-corrected chi connectivity index (χ2v) is 10.9. The number of hydrogen-bond donors (Lipinski definition) is 2. The summed E-state index contributed by atoms with van der Waals surface area (Å²) in [6, 6.07) is 29.2. The molecule has 38 heavy (non-hydrogen) atoms. The first-order valence-electron chi connectivity index (χ1n) is 12.2. The molecule has 0 aliphatic carbocycles. The smallest absolute Gasteiger partial charge is 0.187 e. The Labute approximate surface area is 235 Å². The molecule has 0 aliphatic rings. The van der Waals surface area contributed by atoms with Gasteiger partial charge in [0.15, 0.2) is 10.3 Å². The fourth-order valence-electron chi connectivity index (χ4n) is 4.09. The van der Waals surface area contributed by atoms with Gasteiger partial charge in [0.2, 0.25) is 0 Å². The molecule has 0 atom stereocenters. The number of nitrogens with zero attached hydrogens (tertiary/aromatic N) is 3. The molecular formula is C30H28ClN5S2. The Hall–Kier alpha value is -3.49. The molecule has 0 spiro atoms. The predicted octanol–water partition coefficient (Wildman–Crippen LogP) is 8.88. The van der Waals surface area contributed by atoms with Crippen LogP contribution in [0, 0.1) is 0 Å². The molecule has 5 nitrogen and oxygen atoms in total. The van der Waals surface area contributed by atoms with Crippen molar-refractivity contribution < 1.29 is 0 Å². The number of thiazole rings is 2. The Morgan fingerprint density at radius 3 is 1.63 bits per heavy atom. The van der Waals surface area contributed by atoms with E-state index < -0.39 is 0 Å². The largest absolute Gasteiger partial charge is 0.331 e. The number of nitrogens with one attached hydrogen (secondary N) is 2. The lowest BCUT2D eigenvalue weighted by Gasteiger charge is -2.07. The van der Waals surface area contributed by atoms with Crippen molar-refractivity contribution >= 4 is 77.5 Å². The molecule has 0 saturated heterocycles. The van der Waals surface area contributed by atoms with E-state index in [1.165, 1.54) is 21.5 Å². The SMILES string of the molecule is CN(C)Cc1csc(Nc2cccc3ccccc23)n1.ClCc1csc(Nc2cccc3ccccc23)n1. The van der Waals surface area contributed by atoms with Gasteiger partial charge in [0.25, 0.3) is 0 Å². The molecule has 192 valence electrons. The zero-order chi connectivity index (χ0) is 26.3. The average molecular weight is 558 g/mol. The lowest BCUT2D eigenvalue weighted by atomic mass is 10.1. The van der Waals surface area contributed by atoms with Crippen molar-refractivity contribution in [2.75, 3.05) is 24.7 Å². The Balaban J connectivity index is 0.000000156. The van der Waals surface area contributed by atoms with Crippen molar-refractivity contribution in [2.45, 2.75) is 12.4 Å². The van der Waals surface area contributed by atoms with E-state index in [9.17, 15) is 0 Å². The van der Waals surface area contributed by atoms with E-state index in [2.05, 4.69) is 112 Å². The first kappa shape index (κ1) is 26.1. The van der Waals surface area contributed by atoms with Gasteiger partial charge in [-0.2, -0.15) is 0 Å². The minimum absolute atomic E-state index is 0.452. The molecule has 0 saturated carbocycles. The normalized spacial score (nSPS) is 10.9. The van der Waals surface area contributed by atoms with E-state index >= 15 is 0 Å². The molecule has 2 N–H and O–H groups in total. The highest BCUT2D eigenvalue weighted by Gasteiger charge is 2.06. The highest BCUT2D eigenvalue weighted by molar-refractivity contribution is 7.14. The van der Waals surface area contributed by atoms with Crippen LogP contribution in [0.1, 0.15) is 11.4 Å². The van der Waals surface area contributed by atoms with Crippen molar-refractivity contribution in [1.82, 2.24) is 14.9 Å². The summed E-state index contributed by atoms with van der Waals surface area (Å²) in [5.41, 5.74) is 4.18. The molecule has 4 aromatic carbocycles. The maximum absolute atomic E-state index is 5.75. The number of hydrogen-bond acceptors (Lipinski definition) is 7. The maximum atomic E-state index is 5.75. The fourth-order valence-corrected chi connectivity index (χ4v) is 5.75. The van der Waals surface area contributed by atoms with Crippen LogP contribution in [0.4, 0.5) is 21.6 Å². The van der Waals surface area contributed by atoms with Crippen molar-refractivity contribution in [2.24, 2.45) is 0 Å². The monoisotopic (exact) mass is 557 g/mol. The van der Waals surface area contributed by atoms with Crippen LogP contribution >= 0.6 is 34.3 Å². The summed E-state index contributed by atoms with van der Waals surface area (Å²) in [5.74, 6) is 0.452. The zero-order valence-electron chi connectivity index (χ0n) is 21.2. The number of alkyl halides is 1. The summed E-state index contributed by atoms with van der Waals surface area (Å²) < 4.78 is 0. The van der Waals surface area contributed by atoms with Crippen LogP contribution in [0.5, 0.6) is 0 Å². The van der Waals surface area contributed by atoms with Crippen molar-refractivity contribution in [3.63, 3.8) is 0 Å². The molecule has 0 radical (unpaired) electrons. The molecule has 0 fully saturated rings. The van der Waals surface area contributed by atoms with E-state index in [0.29, 0.717) is 5.88 Å². The van der Waals surface area contributed by atoms with Crippen molar-refractivity contribution in [3.8, 4) is 0 Å². The molecular weight excluding hydrogens is 530 g/mol. The standard InChI is InChI=1S/C16H17N3S.C14H11ClN2S/c1-19(2)10-13-11-20-16(17-13)18-15-9-5-7-12-6-3-4-8-14(12)15;15-8-11-9-18-14(16-11)17-13-7-3-5-10-4-1-2-6-12(10)13/h3-9,11H,10H2,1-2H3,(H,17,18);1-7,9H,8H2,(H,16,17). The van der Waals surface area contributed by atoms with E-state index in [4.69, 9.17) is 11.6 Å². The van der Waals surface area contributed by atoms with Gasteiger partial charge in [-0.15, -0.1) is 34.3 Å². The van der Waals surface area contributed by atoms with Gasteiger partial charge in [0.1, 0.15) is 0 Å². The molecule has 0 unspecified atom stereocenters. The Bertz CT molecular complexity index is 1630. The quantitative estimate of drug-likeness (QED) is 0.192. The molecule has 6 aromatic rings. The first-order valence-corrected chi connectivity index (χ1v) is 14.5. The van der Waals surface area contributed by atoms with Crippen LogP contribution < -0.4 is 10.6 Å². The minimum Gasteiger partial charge on any atom is -0.331 e. The summed E-state index contributed by atoms with van der Waals surface area (Å²) in [6.45, 7) is 0.869. The number of anilines is 4. The van der Waals surface area contributed by atoms with Gasteiger partial charge < -0.3 is 15.5 Å². The third kappa shape index (κ3) is 6.49. The lowest BCUT2D eigenvalue weighted by Crippen LogP contribution is -2.10. The van der Waals surface area contributed by atoms with Crippen LogP contribution in [0.2, 0.25) is 0 Å². The molecule has 2 aromatic heterocycles. The van der Waals surface area contributed by atoms with Crippen LogP contribution in [-0.2, 0) is 12.4 Å².